The standard InChI is InChI=1S/C19H15Br2NO4S/c1-10-4-3-5-11(6-10)9-22-18(24)15(27-19(22)25)7-12-16(21)13(20)8-14(26-2)17(12)23/h3-8,23H,9H2,1-2H3/b15-7-. The molecule has 27 heavy (non-hydrogen) atoms. The number of hydrogen-bond donors (Lipinski definition) is 1. The molecule has 2 amide bonds. The minimum atomic E-state index is -0.392. The molecule has 0 bridgehead atoms. The Morgan fingerprint density at radius 1 is 1.26 bits per heavy atom. The van der Waals surface area contributed by atoms with Crippen LogP contribution < -0.4 is 4.74 Å². The molecule has 5 nitrogen and oxygen atoms in total. The Morgan fingerprint density at radius 3 is 2.67 bits per heavy atom. The van der Waals surface area contributed by atoms with Crippen molar-refractivity contribution in [2.75, 3.05) is 7.11 Å². The van der Waals surface area contributed by atoms with Gasteiger partial charge in [-0.1, -0.05) is 29.8 Å². The number of halogens is 2. The van der Waals surface area contributed by atoms with Crippen LogP contribution in [0, 0.1) is 6.92 Å². The third kappa shape index (κ3) is 4.07. The van der Waals surface area contributed by atoms with Crippen LogP contribution in [0.3, 0.4) is 0 Å². The Bertz CT molecular complexity index is 974. The number of ether oxygens (including phenoxy) is 1. The van der Waals surface area contributed by atoms with E-state index in [-0.39, 0.29) is 28.2 Å². The van der Waals surface area contributed by atoms with Crippen LogP contribution in [-0.4, -0.2) is 28.3 Å². The lowest BCUT2D eigenvalue weighted by Crippen LogP contribution is -2.27. The number of hydrogen-bond acceptors (Lipinski definition) is 5. The lowest BCUT2D eigenvalue weighted by molar-refractivity contribution is -0.123. The van der Waals surface area contributed by atoms with Crippen LogP contribution in [0.1, 0.15) is 16.7 Å². The van der Waals surface area contributed by atoms with Crippen molar-refractivity contribution < 1.29 is 19.4 Å². The van der Waals surface area contributed by atoms with Crippen LogP contribution in [-0.2, 0) is 11.3 Å². The third-order valence-electron chi connectivity index (χ3n) is 3.98. The second kappa shape index (κ2) is 8.08. The van der Waals surface area contributed by atoms with Crippen LogP contribution in [0.15, 0.2) is 44.2 Å². The Morgan fingerprint density at radius 2 is 2.00 bits per heavy atom. The largest absolute Gasteiger partial charge is 0.504 e. The average molecular weight is 513 g/mol. The van der Waals surface area contributed by atoms with Crippen LogP contribution >= 0.6 is 43.6 Å². The summed E-state index contributed by atoms with van der Waals surface area (Å²) in [5.41, 5.74) is 2.30. The summed E-state index contributed by atoms with van der Waals surface area (Å²) in [5, 5.41) is 10.1. The number of methoxy groups -OCH3 is 1. The van der Waals surface area contributed by atoms with Gasteiger partial charge in [0.05, 0.1) is 18.6 Å². The van der Waals surface area contributed by atoms with Gasteiger partial charge in [-0.25, -0.2) is 0 Å². The van der Waals surface area contributed by atoms with Crippen molar-refractivity contribution in [3.8, 4) is 11.5 Å². The summed E-state index contributed by atoms with van der Waals surface area (Å²) in [4.78, 5) is 26.5. The predicted octanol–water partition coefficient (Wildman–Crippen LogP) is 5.47. The maximum atomic E-state index is 12.7. The Labute approximate surface area is 177 Å². The molecular weight excluding hydrogens is 498 g/mol. The topological polar surface area (TPSA) is 66.8 Å². The monoisotopic (exact) mass is 511 g/mol. The summed E-state index contributed by atoms with van der Waals surface area (Å²) in [6.07, 6.45) is 1.49. The molecule has 0 radical (unpaired) electrons. The van der Waals surface area contributed by atoms with E-state index in [1.54, 1.807) is 6.07 Å². The highest BCUT2D eigenvalue weighted by molar-refractivity contribution is 9.13. The Hall–Kier alpha value is -1.77. The molecule has 3 rings (SSSR count). The fourth-order valence-corrected chi connectivity index (χ4v) is 4.32. The smallest absolute Gasteiger partial charge is 0.293 e. The number of benzene rings is 2. The maximum absolute atomic E-state index is 12.7. The fraction of sp³-hybridized carbons (Fsp3) is 0.158. The molecule has 1 heterocycles. The van der Waals surface area contributed by atoms with Crippen LogP contribution in [0.25, 0.3) is 6.08 Å². The van der Waals surface area contributed by atoms with Gasteiger partial charge in [0.1, 0.15) is 0 Å². The van der Waals surface area contributed by atoms with Gasteiger partial charge in [-0.2, -0.15) is 0 Å². The number of aryl methyl sites for hydroxylation is 1. The van der Waals surface area contributed by atoms with Gasteiger partial charge < -0.3 is 9.84 Å². The zero-order valence-electron chi connectivity index (χ0n) is 14.5. The molecule has 2 aromatic carbocycles. The van der Waals surface area contributed by atoms with Crippen molar-refractivity contribution in [3.63, 3.8) is 0 Å². The zero-order chi connectivity index (χ0) is 19.7. The van der Waals surface area contributed by atoms with E-state index < -0.39 is 5.91 Å². The SMILES string of the molecule is COc1cc(Br)c(Br)c(/C=C2\SC(=O)N(Cc3cccc(C)c3)C2=O)c1O. The lowest BCUT2D eigenvalue weighted by atomic mass is 10.1. The zero-order valence-corrected chi connectivity index (χ0v) is 18.4. The van der Waals surface area contributed by atoms with Crippen molar-refractivity contribution >= 4 is 60.8 Å². The first-order valence-corrected chi connectivity index (χ1v) is 10.3. The van der Waals surface area contributed by atoms with E-state index in [0.717, 1.165) is 22.9 Å². The molecular formula is C19H15Br2NO4S. The van der Waals surface area contributed by atoms with E-state index in [1.165, 1.54) is 18.1 Å². The van der Waals surface area contributed by atoms with Crippen molar-refractivity contribution in [2.24, 2.45) is 0 Å². The number of rotatable bonds is 4. The maximum Gasteiger partial charge on any atom is 0.293 e. The van der Waals surface area contributed by atoms with Crippen molar-refractivity contribution in [1.82, 2.24) is 4.90 Å². The molecule has 0 aromatic heterocycles. The second-order valence-electron chi connectivity index (χ2n) is 5.89. The van der Waals surface area contributed by atoms with Crippen LogP contribution in [0.4, 0.5) is 4.79 Å². The number of thioether (sulfide) groups is 1. The molecule has 140 valence electrons. The predicted molar refractivity (Wildman–Crippen MR) is 113 cm³/mol. The van der Waals surface area contributed by atoms with Gasteiger partial charge in [-0.05, 0) is 68.3 Å². The normalized spacial score (nSPS) is 15.7. The number of imide groups is 1. The summed E-state index contributed by atoms with van der Waals surface area (Å²) in [5.74, 6) is -0.245. The molecule has 1 aliphatic heterocycles. The highest BCUT2D eigenvalue weighted by Gasteiger charge is 2.35. The minimum Gasteiger partial charge on any atom is -0.504 e. The van der Waals surface area contributed by atoms with E-state index in [9.17, 15) is 14.7 Å². The molecule has 1 aliphatic rings. The van der Waals surface area contributed by atoms with Gasteiger partial charge in [-0.3, -0.25) is 14.5 Å². The number of carbonyl (C=O) groups excluding carboxylic acids is 2. The first-order chi connectivity index (χ1) is 12.8. The summed E-state index contributed by atoms with van der Waals surface area (Å²) in [7, 11) is 1.44. The Balaban J connectivity index is 1.94. The molecule has 0 saturated carbocycles. The number of phenols is 1. The van der Waals surface area contributed by atoms with Crippen molar-refractivity contribution in [3.05, 3.63) is 60.9 Å². The molecule has 0 unspecified atom stereocenters. The van der Waals surface area contributed by atoms with E-state index in [1.807, 2.05) is 31.2 Å². The van der Waals surface area contributed by atoms with Gasteiger partial charge in [0.25, 0.3) is 11.1 Å². The molecule has 1 fully saturated rings. The molecule has 1 saturated heterocycles. The van der Waals surface area contributed by atoms with Crippen molar-refractivity contribution in [2.45, 2.75) is 13.5 Å². The number of nitrogens with zero attached hydrogens (tertiary/aromatic N) is 1. The van der Waals surface area contributed by atoms with Gasteiger partial charge in [0, 0.05) is 14.5 Å². The quantitative estimate of drug-likeness (QED) is 0.550. The summed E-state index contributed by atoms with van der Waals surface area (Å²) < 4.78 is 6.36. The number of phenolic OH excluding ortho intramolecular Hbond substituents is 1. The summed E-state index contributed by atoms with van der Waals surface area (Å²) in [6.45, 7) is 2.16. The van der Waals surface area contributed by atoms with E-state index >= 15 is 0 Å². The average Bonchev–Trinajstić information content (AvgIpc) is 2.89. The highest BCUT2D eigenvalue weighted by Crippen LogP contribution is 2.43. The molecule has 0 spiro atoms. The van der Waals surface area contributed by atoms with E-state index in [0.29, 0.717) is 14.5 Å². The molecule has 1 N–H and O–H groups in total. The molecule has 0 aliphatic carbocycles. The summed E-state index contributed by atoms with van der Waals surface area (Å²) in [6, 6.07) is 9.27. The van der Waals surface area contributed by atoms with Gasteiger partial charge >= 0.3 is 0 Å². The fourth-order valence-electron chi connectivity index (χ4n) is 2.66. The van der Waals surface area contributed by atoms with E-state index in [2.05, 4.69) is 31.9 Å². The van der Waals surface area contributed by atoms with Gasteiger partial charge in [0.2, 0.25) is 0 Å². The number of carbonyl (C=O) groups is 2. The molecule has 0 atom stereocenters. The van der Waals surface area contributed by atoms with Gasteiger partial charge in [-0.15, -0.1) is 0 Å². The van der Waals surface area contributed by atoms with Crippen LogP contribution in [0.5, 0.6) is 11.5 Å². The van der Waals surface area contributed by atoms with E-state index in [4.69, 9.17) is 4.74 Å². The van der Waals surface area contributed by atoms with Crippen molar-refractivity contribution in [1.29, 1.82) is 0 Å². The lowest BCUT2D eigenvalue weighted by Gasteiger charge is -2.13. The Kier molecular flexibility index (Phi) is 5.98. The second-order valence-corrected chi connectivity index (χ2v) is 8.53. The first kappa shape index (κ1) is 20.0. The van der Waals surface area contributed by atoms with Gasteiger partial charge in [0.15, 0.2) is 11.5 Å². The molecule has 8 heteroatoms. The highest BCUT2D eigenvalue weighted by atomic mass is 79.9. The number of aromatic hydroxyl groups is 1. The number of amides is 2. The summed E-state index contributed by atoms with van der Waals surface area (Å²) >= 11 is 7.61. The van der Waals surface area contributed by atoms with Crippen LogP contribution in [0.2, 0.25) is 0 Å². The minimum absolute atomic E-state index is 0.113. The molecule has 2 aromatic rings. The third-order valence-corrected chi connectivity index (χ3v) is 6.90. The first-order valence-electron chi connectivity index (χ1n) is 7.87.